The molecular formula is C14H15N3O2. The number of hydrogen-bond donors (Lipinski definition) is 1. The van der Waals surface area contributed by atoms with Crippen LogP contribution >= 0.6 is 0 Å². The molecule has 0 saturated heterocycles. The Bertz CT molecular complexity index is 619. The highest BCUT2D eigenvalue weighted by Gasteiger charge is 2.26. The summed E-state index contributed by atoms with van der Waals surface area (Å²) in [6.45, 7) is 0.916. The monoisotopic (exact) mass is 257 g/mol. The third-order valence-corrected chi connectivity index (χ3v) is 3.52. The van der Waals surface area contributed by atoms with E-state index in [2.05, 4.69) is 17.2 Å². The van der Waals surface area contributed by atoms with Gasteiger partial charge in [-0.25, -0.2) is 4.79 Å². The maximum atomic E-state index is 11.0. The summed E-state index contributed by atoms with van der Waals surface area (Å²) in [4.78, 5) is 12.4. The fourth-order valence-electron chi connectivity index (χ4n) is 2.64. The second kappa shape index (κ2) is 4.42. The topological polar surface area (TPSA) is 58.4 Å². The molecule has 1 aromatic heterocycles. The molecule has 5 nitrogen and oxygen atoms in total. The van der Waals surface area contributed by atoms with E-state index in [9.17, 15) is 4.79 Å². The van der Waals surface area contributed by atoms with Gasteiger partial charge in [-0.2, -0.15) is 5.10 Å². The van der Waals surface area contributed by atoms with Gasteiger partial charge in [0.25, 0.3) is 0 Å². The lowest BCUT2D eigenvalue weighted by molar-refractivity contribution is 0.139. The molecule has 0 unspecified atom stereocenters. The Morgan fingerprint density at radius 3 is 2.74 bits per heavy atom. The summed E-state index contributed by atoms with van der Waals surface area (Å²) < 4.78 is 1.85. The zero-order valence-corrected chi connectivity index (χ0v) is 10.7. The van der Waals surface area contributed by atoms with Crippen LogP contribution in [0, 0.1) is 0 Å². The molecule has 98 valence electrons. The molecule has 0 saturated carbocycles. The van der Waals surface area contributed by atoms with E-state index < -0.39 is 6.09 Å². The van der Waals surface area contributed by atoms with Crippen LogP contribution in [0.1, 0.15) is 11.3 Å². The largest absolute Gasteiger partial charge is 0.465 e. The lowest BCUT2D eigenvalue weighted by Gasteiger charge is -2.23. The predicted octanol–water partition coefficient (Wildman–Crippen LogP) is 2.12. The average Bonchev–Trinajstić information content (AvgIpc) is 2.74. The van der Waals surface area contributed by atoms with Crippen LogP contribution < -0.4 is 0 Å². The molecule has 0 aliphatic carbocycles. The molecule has 0 fully saturated rings. The molecular weight excluding hydrogens is 242 g/mol. The Kier molecular flexibility index (Phi) is 2.74. The van der Waals surface area contributed by atoms with Crippen LogP contribution in [-0.2, 0) is 20.0 Å². The highest BCUT2D eigenvalue weighted by atomic mass is 16.4. The molecule has 0 atom stereocenters. The zero-order valence-electron chi connectivity index (χ0n) is 10.7. The van der Waals surface area contributed by atoms with Crippen LogP contribution in [0.15, 0.2) is 30.3 Å². The molecule has 2 heterocycles. The minimum atomic E-state index is -0.877. The van der Waals surface area contributed by atoms with Crippen LogP contribution in [0.2, 0.25) is 0 Å². The predicted molar refractivity (Wildman–Crippen MR) is 70.8 cm³/mol. The summed E-state index contributed by atoms with van der Waals surface area (Å²) in [7, 11) is 1.91. The van der Waals surface area contributed by atoms with Crippen molar-refractivity contribution in [2.75, 3.05) is 6.54 Å². The van der Waals surface area contributed by atoms with Crippen molar-refractivity contribution in [2.45, 2.75) is 13.0 Å². The fraction of sp³-hybridized carbons (Fsp3) is 0.286. The van der Waals surface area contributed by atoms with Crippen LogP contribution in [0.25, 0.3) is 11.3 Å². The van der Waals surface area contributed by atoms with Crippen molar-refractivity contribution in [3.05, 3.63) is 41.6 Å². The highest BCUT2D eigenvalue weighted by Crippen LogP contribution is 2.29. The molecule has 5 heteroatoms. The van der Waals surface area contributed by atoms with Crippen LogP contribution in [0.4, 0.5) is 4.79 Å². The number of carboxylic acid groups (broad SMARTS) is 1. The Balaban J connectivity index is 2.04. The summed E-state index contributed by atoms with van der Waals surface area (Å²) in [5.74, 6) is 0. The van der Waals surface area contributed by atoms with Gasteiger partial charge in [0.15, 0.2) is 0 Å². The van der Waals surface area contributed by atoms with Gasteiger partial charge in [0.05, 0.1) is 17.9 Å². The van der Waals surface area contributed by atoms with Crippen LogP contribution in [0.5, 0.6) is 0 Å². The quantitative estimate of drug-likeness (QED) is 0.851. The van der Waals surface area contributed by atoms with E-state index in [-0.39, 0.29) is 0 Å². The molecule has 1 aromatic carbocycles. The number of fused-ring (bicyclic) bond motifs is 1. The summed E-state index contributed by atoms with van der Waals surface area (Å²) >= 11 is 0. The maximum absolute atomic E-state index is 11.0. The smallest absolute Gasteiger partial charge is 0.407 e. The Hall–Kier alpha value is -2.30. The normalized spacial score (nSPS) is 14.3. The maximum Gasteiger partial charge on any atom is 0.407 e. The van der Waals surface area contributed by atoms with Crippen molar-refractivity contribution in [1.29, 1.82) is 0 Å². The number of rotatable bonds is 1. The third kappa shape index (κ3) is 1.97. The molecule has 0 bridgehead atoms. The summed E-state index contributed by atoms with van der Waals surface area (Å²) in [5, 5.41) is 13.5. The second-order valence-electron chi connectivity index (χ2n) is 4.72. The number of carbonyl (C=O) groups is 1. The summed E-state index contributed by atoms with van der Waals surface area (Å²) in [6, 6.07) is 10.1. The number of aromatic nitrogens is 2. The van der Waals surface area contributed by atoms with Gasteiger partial charge in [-0.05, 0) is 6.42 Å². The first-order valence-electron chi connectivity index (χ1n) is 6.25. The van der Waals surface area contributed by atoms with Gasteiger partial charge in [-0.15, -0.1) is 0 Å². The number of aryl methyl sites for hydroxylation is 1. The van der Waals surface area contributed by atoms with E-state index in [4.69, 9.17) is 5.11 Å². The molecule has 2 aromatic rings. The van der Waals surface area contributed by atoms with E-state index in [0.29, 0.717) is 13.1 Å². The van der Waals surface area contributed by atoms with Crippen molar-refractivity contribution < 1.29 is 9.90 Å². The average molecular weight is 257 g/mol. The number of amides is 1. The van der Waals surface area contributed by atoms with E-state index in [0.717, 1.165) is 23.4 Å². The number of hydrogen-bond acceptors (Lipinski definition) is 2. The molecule has 1 amide bonds. The first kappa shape index (κ1) is 11.8. The van der Waals surface area contributed by atoms with E-state index >= 15 is 0 Å². The van der Waals surface area contributed by atoms with Crippen LogP contribution in [0.3, 0.4) is 0 Å². The van der Waals surface area contributed by atoms with E-state index in [1.807, 2.05) is 29.9 Å². The van der Waals surface area contributed by atoms with Crippen molar-refractivity contribution >= 4 is 6.09 Å². The second-order valence-corrected chi connectivity index (χ2v) is 4.72. The van der Waals surface area contributed by atoms with Crippen molar-refractivity contribution in [3.8, 4) is 11.3 Å². The van der Waals surface area contributed by atoms with Gasteiger partial charge in [-0.3, -0.25) is 4.68 Å². The molecule has 1 aliphatic rings. The Morgan fingerprint density at radius 1 is 1.32 bits per heavy atom. The molecule has 19 heavy (non-hydrogen) atoms. The Morgan fingerprint density at radius 2 is 2.05 bits per heavy atom. The Labute approximate surface area is 111 Å². The SMILES string of the molecule is Cn1nc2c(c1-c1ccccc1)CCN(C(=O)O)C2. The van der Waals surface area contributed by atoms with Crippen molar-refractivity contribution in [1.82, 2.24) is 14.7 Å². The van der Waals surface area contributed by atoms with Crippen molar-refractivity contribution in [2.24, 2.45) is 7.05 Å². The van der Waals surface area contributed by atoms with Gasteiger partial charge < -0.3 is 10.0 Å². The lowest BCUT2D eigenvalue weighted by Crippen LogP contribution is -2.34. The molecule has 0 spiro atoms. The summed E-state index contributed by atoms with van der Waals surface area (Å²) in [6.07, 6.45) is -0.155. The molecule has 0 radical (unpaired) electrons. The van der Waals surface area contributed by atoms with Crippen LogP contribution in [-0.4, -0.2) is 32.4 Å². The van der Waals surface area contributed by atoms with Gasteiger partial charge in [0, 0.05) is 24.7 Å². The first-order chi connectivity index (χ1) is 9.16. The minimum Gasteiger partial charge on any atom is -0.465 e. The number of nitrogens with zero attached hydrogens (tertiary/aromatic N) is 3. The van der Waals surface area contributed by atoms with Crippen molar-refractivity contribution in [3.63, 3.8) is 0 Å². The standard InChI is InChI=1S/C14H15N3O2/c1-16-13(10-5-3-2-4-6-10)11-7-8-17(14(18)19)9-12(11)15-16/h2-6H,7-9H2,1H3,(H,18,19). The van der Waals surface area contributed by atoms with Gasteiger partial charge in [0.2, 0.25) is 0 Å². The zero-order chi connectivity index (χ0) is 13.4. The van der Waals surface area contributed by atoms with Gasteiger partial charge >= 0.3 is 6.09 Å². The minimum absolute atomic E-state index is 0.380. The molecule has 3 rings (SSSR count). The fourth-order valence-corrected chi connectivity index (χ4v) is 2.64. The van der Waals surface area contributed by atoms with E-state index in [1.165, 1.54) is 10.5 Å². The van der Waals surface area contributed by atoms with E-state index in [1.54, 1.807) is 0 Å². The highest BCUT2D eigenvalue weighted by molar-refractivity contribution is 5.68. The summed E-state index contributed by atoms with van der Waals surface area (Å²) in [5.41, 5.74) is 4.27. The first-order valence-corrected chi connectivity index (χ1v) is 6.25. The van der Waals surface area contributed by atoms with Gasteiger partial charge in [-0.1, -0.05) is 30.3 Å². The lowest BCUT2D eigenvalue weighted by atomic mass is 10.00. The molecule has 1 N–H and O–H groups in total. The number of benzene rings is 1. The van der Waals surface area contributed by atoms with Gasteiger partial charge in [0.1, 0.15) is 0 Å². The molecule has 1 aliphatic heterocycles. The third-order valence-electron chi connectivity index (χ3n) is 3.52.